The zero-order valence-electron chi connectivity index (χ0n) is 6.40. The number of amides is 1. The van der Waals surface area contributed by atoms with Crippen LogP contribution in [0.15, 0.2) is 30.3 Å². The minimum Gasteiger partial charge on any atom is -0.368 e. The lowest BCUT2D eigenvalue weighted by molar-refractivity contribution is -0.118. The fraction of sp³-hybridized carbons (Fsp3) is 0.111. The van der Waals surface area contributed by atoms with Crippen LogP contribution in [0.25, 0.3) is 0 Å². The van der Waals surface area contributed by atoms with Crippen molar-refractivity contribution in [1.82, 2.24) is 0 Å². The number of primary amides is 1. The Hall–Kier alpha value is -1.82. The van der Waals surface area contributed by atoms with E-state index in [1.165, 1.54) is 0 Å². The SMILES string of the molecule is N#C[C@H](C(N)=O)c1ccccc1. The summed E-state index contributed by atoms with van der Waals surface area (Å²) in [6, 6.07) is 10.6. The molecule has 60 valence electrons. The van der Waals surface area contributed by atoms with Crippen molar-refractivity contribution in [1.29, 1.82) is 5.26 Å². The molecule has 3 nitrogen and oxygen atoms in total. The summed E-state index contributed by atoms with van der Waals surface area (Å²) < 4.78 is 0. The zero-order chi connectivity index (χ0) is 8.97. The molecule has 2 N–H and O–H groups in total. The third kappa shape index (κ3) is 1.61. The van der Waals surface area contributed by atoms with E-state index in [-0.39, 0.29) is 0 Å². The van der Waals surface area contributed by atoms with Crippen LogP contribution in [0.1, 0.15) is 11.5 Å². The Kier molecular flexibility index (Phi) is 2.44. The van der Waals surface area contributed by atoms with Gasteiger partial charge in [0.15, 0.2) is 0 Å². The Bertz CT molecular complexity index is 313. The van der Waals surface area contributed by atoms with Crippen molar-refractivity contribution in [2.45, 2.75) is 5.92 Å². The molecule has 0 bridgehead atoms. The number of benzene rings is 1. The summed E-state index contributed by atoms with van der Waals surface area (Å²) in [6.07, 6.45) is 0. The molecule has 0 spiro atoms. The molecule has 1 aromatic rings. The normalized spacial score (nSPS) is 11.6. The van der Waals surface area contributed by atoms with Gasteiger partial charge in [-0.2, -0.15) is 5.26 Å². The first-order chi connectivity index (χ1) is 5.75. The third-order valence-corrected chi connectivity index (χ3v) is 1.55. The maximum Gasteiger partial charge on any atom is 0.239 e. The molecule has 0 aliphatic rings. The van der Waals surface area contributed by atoms with E-state index >= 15 is 0 Å². The Morgan fingerprint density at radius 2 is 2.00 bits per heavy atom. The summed E-state index contributed by atoms with van der Waals surface area (Å²) >= 11 is 0. The highest BCUT2D eigenvalue weighted by molar-refractivity contribution is 5.84. The predicted molar refractivity (Wildman–Crippen MR) is 44.0 cm³/mol. The Balaban J connectivity index is 2.98. The van der Waals surface area contributed by atoms with Crippen molar-refractivity contribution >= 4 is 5.91 Å². The molecule has 1 amide bonds. The van der Waals surface area contributed by atoms with E-state index in [1.54, 1.807) is 24.3 Å². The van der Waals surface area contributed by atoms with Gasteiger partial charge < -0.3 is 5.73 Å². The van der Waals surface area contributed by atoms with Crippen LogP contribution in [0.2, 0.25) is 0 Å². The number of rotatable bonds is 2. The van der Waals surface area contributed by atoms with Crippen LogP contribution in [0, 0.1) is 11.3 Å². The summed E-state index contributed by atoms with van der Waals surface area (Å²) in [5, 5.41) is 8.60. The van der Waals surface area contributed by atoms with Crippen LogP contribution in [0.4, 0.5) is 0 Å². The van der Waals surface area contributed by atoms with Crippen molar-refractivity contribution in [3.8, 4) is 6.07 Å². The minimum atomic E-state index is -0.828. The average molecular weight is 160 g/mol. The van der Waals surface area contributed by atoms with E-state index in [2.05, 4.69) is 0 Å². The van der Waals surface area contributed by atoms with Gasteiger partial charge in [-0.15, -0.1) is 0 Å². The molecular weight excluding hydrogens is 152 g/mol. The van der Waals surface area contributed by atoms with Crippen LogP contribution >= 0.6 is 0 Å². The zero-order valence-corrected chi connectivity index (χ0v) is 6.40. The van der Waals surface area contributed by atoms with Gasteiger partial charge in [0, 0.05) is 0 Å². The molecule has 0 aromatic heterocycles. The quantitative estimate of drug-likeness (QED) is 0.694. The summed E-state index contributed by atoms with van der Waals surface area (Å²) in [4.78, 5) is 10.7. The van der Waals surface area contributed by atoms with Gasteiger partial charge in [-0.3, -0.25) is 4.79 Å². The summed E-state index contributed by atoms with van der Waals surface area (Å²) in [5.41, 5.74) is 5.66. The first-order valence-corrected chi connectivity index (χ1v) is 3.49. The largest absolute Gasteiger partial charge is 0.368 e. The lowest BCUT2D eigenvalue weighted by Gasteiger charge is -2.02. The van der Waals surface area contributed by atoms with E-state index in [4.69, 9.17) is 11.0 Å². The van der Waals surface area contributed by atoms with Crippen molar-refractivity contribution in [3.63, 3.8) is 0 Å². The number of nitriles is 1. The molecule has 0 unspecified atom stereocenters. The van der Waals surface area contributed by atoms with Crippen molar-refractivity contribution in [2.24, 2.45) is 5.73 Å². The van der Waals surface area contributed by atoms with Crippen molar-refractivity contribution in [2.75, 3.05) is 0 Å². The van der Waals surface area contributed by atoms with Crippen LogP contribution in [0.3, 0.4) is 0 Å². The minimum absolute atomic E-state index is 0.608. The van der Waals surface area contributed by atoms with Gasteiger partial charge in [0.25, 0.3) is 0 Å². The number of carbonyl (C=O) groups is 1. The first kappa shape index (κ1) is 8.28. The van der Waals surface area contributed by atoms with Gasteiger partial charge in [-0.05, 0) is 5.56 Å². The molecule has 0 saturated heterocycles. The molecule has 0 saturated carbocycles. The topological polar surface area (TPSA) is 66.9 Å². The van der Waals surface area contributed by atoms with Gasteiger partial charge in [0.05, 0.1) is 6.07 Å². The molecule has 12 heavy (non-hydrogen) atoms. The molecule has 0 aliphatic carbocycles. The molecule has 1 rings (SSSR count). The van der Waals surface area contributed by atoms with Gasteiger partial charge in [0.1, 0.15) is 5.92 Å². The van der Waals surface area contributed by atoms with E-state index in [0.717, 1.165) is 0 Å². The molecular formula is C9H8N2O. The highest BCUT2D eigenvalue weighted by Crippen LogP contribution is 2.12. The Labute approximate surface area is 70.4 Å². The summed E-state index contributed by atoms with van der Waals surface area (Å²) in [5.74, 6) is -1.44. The fourth-order valence-electron chi connectivity index (χ4n) is 0.948. The number of hydrogen-bond acceptors (Lipinski definition) is 2. The van der Waals surface area contributed by atoms with E-state index in [9.17, 15) is 4.79 Å². The van der Waals surface area contributed by atoms with Crippen LogP contribution in [-0.2, 0) is 4.79 Å². The molecule has 1 atom stereocenters. The standard InChI is InChI=1S/C9H8N2O/c10-6-8(9(11)12)7-4-2-1-3-5-7/h1-5,8H,(H2,11,12)/t8-/m0/s1. The molecule has 3 heteroatoms. The van der Waals surface area contributed by atoms with E-state index < -0.39 is 11.8 Å². The van der Waals surface area contributed by atoms with Crippen LogP contribution in [-0.4, -0.2) is 5.91 Å². The third-order valence-electron chi connectivity index (χ3n) is 1.55. The van der Waals surface area contributed by atoms with E-state index in [1.807, 2.05) is 12.1 Å². The second kappa shape index (κ2) is 3.54. The van der Waals surface area contributed by atoms with Gasteiger partial charge in [-0.25, -0.2) is 0 Å². The monoisotopic (exact) mass is 160 g/mol. The number of carbonyl (C=O) groups excluding carboxylic acids is 1. The second-order valence-electron chi connectivity index (χ2n) is 2.38. The molecule has 0 aliphatic heterocycles. The molecule has 0 heterocycles. The number of nitrogens with zero attached hydrogens (tertiary/aromatic N) is 1. The van der Waals surface area contributed by atoms with E-state index in [0.29, 0.717) is 5.56 Å². The van der Waals surface area contributed by atoms with Crippen molar-refractivity contribution < 1.29 is 4.79 Å². The number of nitrogens with two attached hydrogens (primary N) is 1. The van der Waals surface area contributed by atoms with Gasteiger partial charge >= 0.3 is 0 Å². The first-order valence-electron chi connectivity index (χ1n) is 3.49. The number of hydrogen-bond donors (Lipinski definition) is 1. The van der Waals surface area contributed by atoms with Crippen LogP contribution in [0.5, 0.6) is 0 Å². The average Bonchev–Trinajstić information content (AvgIpc) is 2.07. The van der Waals surface area contributed by atoms with Crippen molar-refractivity contribution in [3.05, 3.63) is 35.9 Å². The summed E-state index contributed by atoms with van der Waals surface area (Å²) in [6.45, 7) is 0. The smallest absolute Gasteiger partial charge is 0.239 e. The highest BCUT2D eigenvalue weighted by atomic mass is 16.1. The Morgan fingerprint density at radius 1 is 1.42 bits per heavy atom. The lowest BCUT2D eigenvalue weighted by Crippen LogP contribution is -2.19. The Morgan fingerprint density at radius 3 is 2.42 bits per heavy atom. The molecule has 0 radical (unpaired) electrons. The van der Waals surface area contributed by atoms with Gasteiger partial charge in [-0.1, -0.05) is 30.3 Å². The fourth-order valence-corrected chi connectivity index (χ4v) is 0.948. The summed E-state index contributed by atoms with van der Waals surface area (Å²) in [7, 11) is 0. The maximum absolute atomic E-state index is 10.7. The second-order valence-corrected chi connectivity index (χ2v) is 2.38. The molecule has 1 aromatic carbocycles. The van der Waals surface area contributed by atoms with Crippen LogP contribution < -0.4 is 5.73 Å². The van der Waals surface area contributed by atoms with Gasteiger partial charge in [0.2, 0.25) is 5.91 Å². The predicted octanol–water partition coefficient (Wildman–Crippen LogP) is 0.779. The lowest BCUT2D eigenvalue weighted by atomic mass is 10.0. The molecule has 0 fully saturated rings. The maximum atomic E-state index is 10.7. The highest BCUT2D eigenvalue weighted by Gasteiger charge is 2.15.